The number of anilines is 2. The Balaban J connectivity index is 1.88. The molecular formula is C19H16N6O3S2. The monoisotopic (exact) mass is 440 g/mol. The number of hydrazone groups is 1. The van der Waals surface area contributed by atoms with Crippen LogP contribution in [0.4, 0.5) is 11.4 Å². The summed E-state index contributed by atoms with van der Waals surface area (Å²) in [7, 11) is -3.97. The second-order valence-electron chi connectivity index (χ2n) is 6.12. The number of nitrogens with one attached hydrogen (secondary N) is 2. The van der Waals surface area contributed by atoms with Gasteiger partial charge in [-0.1, -0.05) is 18.2 Å². The number of carbonyl (C=O) groups excluding carboxylic acids is 1. The van der Waals surface area contributed by atoms with Crippen molar-refractivity contribution in [3.8, 4) is 6.07 Å². The first-order valence-corrected chi connectivity index (χ1v) is 10.5. The molecule has 3 rings (SSSR count). The predicted octanol–water partition coefficient (Wildman–Crippen LogP) is 1.43. The zero-order valence-electron chi connectivity index (χ0n) is 15.5. The number of rotatable bonds is 5. The summed E-state index contributed by atoms with van der Waals surface area (Å²) in [6.07, 6.45) is 1.58. The van der Waals surface area contributed by atoms with Crippen LogP contribution in [-0.4, -0.2) is 31.7 Å². The van der Waals surface area contributed by atoms with Crippen molar-refractivity contribution in [3.05, 3.63) is 66.2 Å². The maximum Gasteiger partial charge on any atom is 0.279 e. The molecule has 0 aliphatic carbocycles. The predicted molar refractivity (Wildman–Crippen MR) is 117 cm³/mol. The van der Waals surface area contributed by atoms with Gasteiger partial charge >= 0.3 is 0 Å². The summed E-state index contributed by atoms with van der Waals surface area (Å²) >= 11 is 5.16. The van der Waals surface area contributed by atoms with Gasteiger partial charge < -0.3 is 10.2 Å². The van der Waals surface area contributed by atoms with Crippen LogP contribution in [0, 0.1) is 11.3 Å². The molecule has 9 nitrogen and oxygen atoms in total. The molecule has 2 aromatic rings. The summed E-state index contributed by atoms with van der Waals surface area (Å²) in [4.78, 5) is 14.1. The van der Waals surface area contributed by atoms with Crippen LogP contribution in [-0.2, 0) is 14.8 Å². The molecule has 0 atom stereocenters. The number of amides is 1. The number of benzene rings is 2. The Bertz CT molecular complexity index is 1230. The van der Waals surface area contributed by atoms with Gasteiger partial charge in [0.05, 0.1) is 23.0 Å². The molecule has 1 amide bonds. The fraction of sp³-hybridized carbons (Fsp3) is 0.0526. The lowest BCUT2D eigenvalue weighted by Gasteiger charge is -2.13. The number of nitriles is 1. The molecule has 152 valence electrons. The highest BCUT2D eigenvalue weighted by Gasteiger charge is 2.33. The maximum atomic E-state index is 12.8. The number of sulfonamides is 1. The van der Waals surface area contributed by atoms with Crippen LogP contribution in [0.15, 0.2) is 65.1 Å². The second-order valence-corrected chi connectivity index (χ2v) is 8.05. The summed E-state index contributed by atoms with van der Waals surface area (Å²) in [5.74, 6) is -0.389. The number of nitrogens with zero attached hydrogens (tertiary/aromatic N) is 3. The van der Waals surface area contributed by atoms with Gasteiger partial charge in [-0.15, -0.1) is 6.58 Å². The standard InChI is InChI=1S/C19H16N6O3S2/c1-2-9-25-15-8-7-12(11-20)10-13(15)17(18(25)26)23-24-19(29)22-14-5-3-4-6-16(14)30(21,27)28/h2-8,10H,1,9H2,(H2,21,27,28)(H2,22,24,29). The van der Waals surface area contributed by atoms with E-state index in [1.165, 1.54) is 23.1 Å². The van der Waals surface area contributed by atoms with E-state index in [0.717, 1.165) is 0 Å². The Morgan fingerprint density at radius 2 is 2.07 bits per heavy atom. The fourth-order valence-corrected chi connectivity index (χ4v) is 3.73. The van der Waals surface area contributed by atoms with Crippen molar-refractivity contribution >= 4 is 50.3 Å². The van der Waals surface area contributed by atoms with Gasteiger partial charge in [0, 0.05) is 12.1 Å². The number of fused-ring (bicyclic) bond motifs is 1. The highest BCUT2D eigenvalue weighted by Crippen LogP contribution is 2.30. The quantitative estimate of drug-likeness (QED) is 0.363. The first kappa shape index (κ1) is 21.1. The van der Waals surface area contributed by atoms with E-state index in [1.54, 1.807) is 30.3 Å². The third-order valence-corrected chi connectivity index (χ3v) is 5.30. The summed E-state index contributed by atoms with van der Waals surface area (Å²) in [5.41, 5.74) is 4.21. The molecule has 0 bridgehead atoms. The molecule has 0 spiro atoms. The third-order valence-electron chi connectivity index (χ3n) is 4.14. The highest BCUT2D eigenvalue weighted by atomic mass is 32.2. The van der Waals surface area contributed by atoms with Gasteiger partial charge in [0.15, 0.2) is 10.8 Å². The molecular weight excluding hydrogens is 424 g/mol. The highest BCUT2D eigenvalue weighted by molar-refractivity contribution is 7.89. The van der Waals surface area contributed by atoms with Gasteiger partial charge in [-0.25, -0.2) is 13.6 Å². The van der Waals surface area contributed by atoms with Crippen molar-refractivity contribution in [1.29, 1.82) is 5.26 Å². The van der Waals surface area contributed by atoms with Gasteiger partial charge in [-0.3, -0.25) is 10.2 Å². The number of hydrogen-bond acceptors (Lipinski definition) is 6. The number of thiocarbonyl (C=S) groups is 1. The first-order chi connectivity index (χ1) is 14.3. The Morgan fingerprint density at radius 3 is 2.73 bits per heavy atom. The van der Waals surface area contributed by atoms with Crippen molar-refractivity contribution in [1.82, 2.24) is 5.43 Å². The first-order valence-electron chi connectivity index (χ1n) is 8.50. The van der Waals surface area contributed by atoms with Crippen LogP contribution < -0.4 is 20.8 Å². The molecule has 0 unspecified atom stereocenters. The molecule has 0 saturated carbocycles. The molecule has 1 aliphatic rings. The summed E-state index contributed by atoms with van der Waals surface area (Å²) in [6.45, 7) is 3.91. The normalized spacial score (nSPS) is 14.2. The van der Waals surface area contributed by atoms with Crippen LogP contribution in [0.25, 0.3) is 0 Å². The number of carbonyl (C=O) groups is 1. The number of hydrogen-bond donors (Lipinski definition) is 3. The van der Waals surface area contributed by atoms with Crippen molar-refractivity contribution in [2.45, 2.75) is 4.90 Å². The zero-order valence-corrected chi connectivity index (χ0v) is 17.1. The topological polar surface area (TPSA) is 141 Å². The minimum atomic E-state index is -3.97. The van der Waals surface area contributed by atoms with E-state index in [1.807, 2.05) is 6.07 Å². The minimum Gasteiger partial charge on any atom is -0.330 e. The lowest BCUT2D eigenvalue weighted by Crippen LogP contribution is -2.32. The van der Waals surface area contributed by atoms with Crippen molar-refractivity contribution in [3.63, 3.8) is 0 Å². The SMILES string of the molecule is C=CCN1C(=O)C(=NNC(=S)Nc2ccccc2S(N)(=O)=O)c2cc(C#N)ccc21. The molecule has 0 fully saturated rings. The van der Waals surface area contributed by atoms with Gasteiger partial charge in [-0.05, 0) is 42.5 Å². The lowest BCUT2D eigenvalue weighted by molar-refractivity contribution is -0.112. The number of primary sulfonamides is 1. The molecule has 11 heteroatoms. The molecule has 2 aromatic carbocycles. The zero-order chi connectivity index (χ0) is 21.9. The van der Waals surface area contributed by atoms with E-state index < -0.39 is 10.0 Å². The van der Waals surface area contributed by atoms with Crippen molar-refractivity contribution in [2.24, 2.45) is 10.2 Å². The van der Waals surface area contributed by atoms with E-state index in [-0.39, 0.29) is 33.9 Å². The number of para-hydroxylation sites is 1. The average Bonchev–Trinajstić information content (AvgIpc) is 2.96. The van der Waals surface area contributed by atoms with Crippen LogP contribution in [0.3, 0.4) is 0 Å². The van der Waals surface area contributed by atoms with Gasteiger partial charge in [0.2, 0.25) is 10.0 Å². The van der Waals surface area contributed by atoms with Crippen LogP contribution in [0.2, 0.25) is 0 Å². The van der Waals surface area contributed by atoms with E-state index in [2.05, 4.69) is 22.4 Å². The largest absolute Gasteiger partial charge is 0.330 e. The molecule has 0 aromatic heterocycles. The smallest absolute Gasteiger partial charge is 0.279 e. The summed E-state index contributed by atoms with van der Waals surface area (Å²) in [6, 6.07) is 12.8. The minimum absolute atomic E-state index is 0.0495. The van der Waals surface area contributed by atoms with E-state index in [4.69, 9.17) is 22.6 Å². The molecule has 0 saturated heterocycles. The molecule has 1 aliphatic heterocycles. The summed E-state index contributed by atoms with van der Waals surface area (Å²) < 4.78 is 23.4. The molecule has 4 N–H and O–H groups in total. The van der Waals surface area contributed by atoms with E-state index in [0.29, 0.717) is 16.8 Å². The van der Waals surface area contributed by atoms with Crippen LogP contribution in [0.1, 0.15) is 11.1 Å². The summed E-state index contributed by atoms with van der Waals surface area (Å²) in [5, 5.41) is 21.1. The Hall–Kier alpha value is -3.59. The van der Waals surface area contributed by atoms with Crippen molar-refractivity contribution < 1.29 is 13.2 Å². The average molecular weight is 441 g/mol. The Morgan fingerprint density at radius 1 is 1.33 bits per heavy atom. The van der Waals surface area contributed by atoms with E-state index >= 15 is 0 Å². The molecule has 0 radical (unpaired) electrons. The maximum absolute atomic E-state index is 12.8. The Kier molecular flexibility index (Phi) is 5.93. The van der Waals surface area contributed by atoms with Crippen LogP contribution in [0.5, 0.6) is 0 Å². The molecule has 30 heavy (non-hydrogen) atoms. The number of nitrogens with two attached hydrogens (primary N) is 1. The fourth-order valence-electron chi connectivity index (χ4n) is 2.88. The second kappa shape index (κ2) is 8.42. The van der Waals surface area contributed by atoms with Gasteiger partial charge in [0.1, 0.15) is 4.90 Å². The van der Waals surface area contributed by atoms with Crippen molar-refractivity contribution in [2.75, 3.05) is 16.8 Å². The third kappa shape index (κ3) is 4.20. The molecule has 1 heterocycles. The van der Waals surface area contributed by atoms with Gasteiger partial charge in [-0.2, -0.15) is 10.4 Å². The lowest BCUT2D eigenvalue weighted by atomic mass is 10.1. The van der Waals surface area contributed by atoms with E-state index in [9.17, 15) is 13.2 Å². The van der Waals surface area contributed by atoms with Crippen LogP contribution >= 0.6 is 12.2 Å². The Labute approximate surface area is 178 Å². The van der Waals surface area contributed by atoms with Gasteiger partial charge in [0.25, 0.3) is 5.91 Å².